The van der Waals surface area contributed by atoms with Gasteiger partial charge in [0.2, 0.25) is 11.8 Å². The Kier molecular flexibility index (Phi) is 10.1. The van der Waals surface area contributed by atoms with E-state index in [0.29, 0.717) is 74.7 Å². The van der Waals surface area contributed by atoms with Gasteiger partial charge < -0.3 is 20.7 Å². The highest BCUT2D eigenvalue weighted by molar-refractivity contribution is 6.39. The van der Waals surface area contributed by atoms with E-state index in [1.807, 2.05) is 48.5 Å². The number of alkyl halides is 1. The molecule has 0 radical (unpaired) electrons. The van der Waals surface area contributed by atoms with Gasteiger partial charge in [0.1, 0.15) is 17.0 Å². The first-order valence-electron chi connectivity index (χ1n) is 16.0. The summed E-state index contributed by atoms with van der Waals surface area (Å²) in [6, 6.07) is 17.1. The van der Waals surface area contributed by atoms with Gasteiger partial charge in [-0.3, -0.25) is 14.2 Å². The molecular weight excluding hydrogens is 668 g/mol. The Balaban J connectivity index is 1.27. The smallest absolute Gasteiger partial charge is 0.277 e. The molecule has 2 aromatic carbocycles. The highest BCUT2D eigenvalue weighted by Crippen LogP contribution is 2.42. The van der Waals surface area contributed by atoms with Crippen LogP contribution in [0.4, 0.5) is 4.39 Å². The SMILES string of the molecule is COc1nc(-c2cccc(-c3cccc(-c4cc5c(=O)n(C)c(CNCC(C)(C)F)nn5c4)c3Cl)c2Cl)ccc1CNCC1CCC(=O)N1. The predicted octanol–water partition coefficient (Wildman–Crippen LogP) is 5.95. The predicted molar refractivity (Wildman–Crippen MR) is 191 cm³/mol. The highest BCUT2D eigenvalue weighted by atomic mass is 35.5. The number of carbonyl (C=O) groups is 1. The lowest BCUT2D eigenvalue weighted by atomic mass is 9.97. The molecule has 1 atom stereocenters. The number of aromatic nitrogens is 4. The van der Waals surface area contributed by atoms with Crippen molar-refractivity contribution < 1.29 is 13.9 Å². The van der Waals surface area contributed by atoms with Gasteiger partial charge in [0.25, 0.3) is 5.56 Å². The van der Waals surface area contributed by atoms with Crippen molar-refractivity contribution in [2.24, 2.45) is 7.05 Å². The fourth-order valence-electron chi connectivity index (χ4n) is 5.99. The number of benzene rings is 2. The first-order valence-corrected chi connectivity index (χ1v) is 16.8. The van der Waals surface area contributed by atoms with Gasteiger partial charge in [-0.2, -0.15) is 5.10 Å². The average Bonchev–Trinajstić information content (AvgIpc) is 3.69. The summed E-state index contributed by atoms with van der Waals surface area (Å²) in [6.45, 7) is 4.53. The van der Waals surface area contributed by atoms with E-state index in [1.54, 1.807) is 26.4 Å². The molecule has 1 aliphatic rings. The maximum Gasteiger partial charge on any atom is 0.277 e. The maximum atomic E-state index is 14.0. The lowest BCUT2D eigenvalue weighted by Gasteiger charge is -2.15. The van der Waals surface area contributed by atoms with Gasteiger partial charge in [-0.1, -0.05) is 65.7 Å². The molecular formula is C36H38Cl2FN7O3. The molecule has 13 heteroatoms. The second-order valence-electron chi connectivity index (χ2n) is 12.8. The third kappa shape index (κ3) is 7.50. The highest BCUT2D eigenvalue weighted by Gasteiger charge is 2.22. The van der Waals surface area contributed by atoms with Crippen LogP contribution in [0.1, 0.15) is 38.1 Å². The minimum atomic E-state index is -1.39. The molecule has 1 aliphatic heterocycles. The van der Waals surface area contributed by atoms with E-state index in [0.717, 1.165) is 17.5 Å². The molecule has 1 amide bonds. The number of halogens is 3. The van der Waals surface area contributed by atoms with Gasteiger partial charge in [0.15, 0.2) is 0 Å². The number of nitrogens with zero attached hydrogens (tertiary/aromatic N) is 4. The average molecular weight is 707 g/mol. The number of amides is 1. The summed E-state index contributed by atoms with van der Waals surface area (Å²) in [5.74, 6) is 1.04. The Bertz CT molecular complexity index is 2090. The van der Waals surface area contributed by atoms with Crippen LogP contribution in [0.3, 0.4) is 0 Å². The van der Waals surface area contributed by atoms with Crippen molar-refractivity contribution >= 4 is 34.6 Å². The molecule has 0 bridgehead atoms. The number of hydrogen-bond acceptors (Lipinski definition) is 7. The Labute approximate surface area is 293 Å². The number of hydrogen-bond donors (Lipinski definition) is 3. The lowest BCUT2D eigenvalue weighted by Crippen LogP contribution is -2.35. The summed E-state index contributed by atoms with van der Waals surface area (Å²) in [5.41, 5.74) is 3.86. The number of fused-ring (bicyclic) bond motifs is 1. The third-order valence-electron chi connectivity index (χ3n) is 8.56. The van der Waals surface area contributed by atoms with Gasteiger partial charge in [0, 0.05) is 78.7 Å². The van der Waals surface area contributed by atoms with Crippen LogP contribution in [0.5, 0.6) is 5.88 Å². The second-order valence-corrected chi connectivity index (χ2v) is 13.6. The molecule has 256 valence electrons. The van der Waals surface area contributed by atoms with Gasteiger partial charge in [-0.05, 0) is 32.4 Å². The lowest BCUT2D eigenvalue weighted by molar-refractivity contribution is -0.119. The van der Waals surface area contributed by atoms with Gasteiger partial charge in [-0.25, -0.2) is 13.9 Å². The first-order chi connectivity index (χ1) is 23.4. The van der Waals surface area contributed by atoms with E-state index < -0.39 is 5.67 Å². The van der Waals surface area contributed by atoms with Crippen LogP contribution in [0.25, 0.3) is 39.0 Å². The first kappa shape index (κ1) is 34.6. The van der Waals surface area contributed by atoms with E-state index in [2.05, 4.69) is 21.0 Å². The molecule has 0 aliphatic carbocycles. The minimum absolute atomic E-state index is 0.0878. The standard InChI is InChI=1S/C36H38Cl2FN7O3/c1-36(2,39)20-41-18-30-44-46-19-22(15-29(46)35(48)45(30)3)24-7-5-8-25(32(24)37)26-9-6-10-27(33(26)38)28-13-11-21(34(43-28)49-4)16-40-17-23-12-14-31(47)42-23/h5-11,13,15,19,23,40-41H,12,14,16-18,20H2,1-4H3,(H,42,47). The van der Waals surface area contributed by atoms with Gasteiger partial charge in [0.05, 0.1) is 29.4 Å². The molecule has 0 spiro atoms. The molecule has 3 N–H and O–H groups in total. The zero-order chi connectivity index (χ0) is 34.9. The Morgan fingerprint density at radius 2 is 1.69 bits per heavy atom. The van der Waals surface area contributed by atoms with Gasteiger partial charge >= 0.3 is 0 Å². The summed E-state index contributed by atoms with van der Waals surface area (Å²) in [7, 11) is 3.23. The number of ether oxygens (including phenoxy) is 1. The largest absolute Gasteiger partial charge is 0.481 e. The zero-order valence-electron chi connectivity index (χ0n) is 27.7. The molecule has 6 rings (SSSR count). The summed E-state index contributed by atoms with van der Waals surface area (Å²) in [4.78, 5) is 29.5. The van der Waals surface area contributed by atoms with Crippen molar-refractivity contribution in [3.05, 3.63) is 92.6 Å². The van der Waals surface area contributed by atoms with Crippen molar-refractivity contribution in [1.29, 1.82) is 0 Å². The normalized spacial score (nSPS) is 14.8. The van der Waals surface area contributed by atoms with Crippen LogP contribution in [-0.2, 0) is 24.9 Å². The summed E-state index contributed by atoms with van der Waals surface area (Å²) < 4.78 is 22.6. The number of carbonyl (C=O) groups excluding carboxylic acids is 1. The van der Waals surface area contributed by atoms with Crippen LogP contribution in [-0.4, -0.2) is 57.0 Å². The second kappa shape index (κ2) is 14.3. The Morgan fingerprint density at radius 3 is 2.37 bits per heavy atom. The fraction of sp³-hybridized carbons (Fsp3) is 0.333. The van der Waals surface area contributed by atoms with Crippen LogP contribution in [0.2, 0.25) is 10.0 Å². The third-order valence-corrected chi connectivity index (χ3v) is 9.38. The van der Waals surface area contributed by atoms with E-state index >= 15 is 0 Å². The topological polar surface area (TPSA) is 115 Å². The van der Waals surface area contributed by atoms with Crippen LogP contribution >= 0.6 is 23.2 Å². The maximum absolute atomic E-state index is 14.0. The van der Waals surface area contributed by atoms with Crippen LogP contribution in [0.15, 0.2) is 65.6 Å². The summed E-state index contributed by atoms with van der Waals surface area (Å²) in [5, 5.41) is 14.9. The fourth-order valence-corrected chi connectivity index (χ4v) is 6.65. The van der Waals surface area contributed by atoms with Crippen LogP contribution in [0, 0.1) is 0 Å². The van der Waals surface area contributed by atoms with E-state index in [4.69, 9.17) is 32.9 Å². The van der Waals surface area contributed by atoms with Crippen molar-refractivity contribution in [3.63, 3.8) is 0 Å². The van der Waals surface area contributed by atoms with E-state index in [-0.39, 0.29) is 30.6 Å². The molecule has 1 saturated heterocycles. The molecule has 10 nitrogen and oxygen atoms in total. The number of rotatable bonds is 12. The van der Waals surface area contributed by atoms with Gasteiger partial charge in [-0.15, -0.1) is 0 Å². The molecule has 1 unspecified atom stereocenters. The van der Waals surface area contributed by atoms with E-state index in [9.17, 15) is 14.0 Å². The monoisotopic (exact) mass is 705 g/mol. The van der Waals surface area contributed by atoms with E-state index in [1.165, 1.54) is 22.9 Å². The van der Waals surface area contributed by atoms with Crippen LogP contribution < -0.4 is 26.2 Å². The van der Waals surface area contributed by atoms with Crippen molar-refractivity contribution in [3.8, 4) is 39.4 Å². The quantitative estimate of drug-likeness (QED) is 0.147. The number of methoxy groups -OCH3 is 1. The Morgan fingerprint density at radius 1 is 1.00 bits per heavy atom. The molecule has 4 heterocycles. The minimum Gasteiger partial charge on any atom is -0.481 e. The molecule has 1 fully saturated rings. The molecule has 0 saturated carbocycles. The van der Waals surface area contributed by atoms with Crippen molar-refractivity contribution in [2.75, 3.05) is 20.2 Å². The Hall–Kier alpha value is -4.29. The molecule has 49 heavy (non-hydrogen) atoms. The molecule has 5 aromatic rings. The van der Waals surface area contributed by atoms with Crippen molar-refractivity contribution in [2.45, 2.75) is 51.5 Å². The number of pyridine rings is 1. The zero-order valence-corrected chi connectivity index (χ0v) is 29.3. The number of nitrogens with one attached hydrogen (secondary N) is 3. The summed E-state index contributed by atoms with van der Waals surface area (Å²) >= 11 is 14.1. The molecule has 3 aromatic heterocycles. The van der Waals surface area contributed by atoms with Crippen molar-refractivity contribution in [1.82, 2.24) is 35.1 Å². The summed E-state index contributed by atoms with van der Waals surface area (Å²) in [6.07, 6.45) is 3.15.